The lowest BCUT2D eigenvalue weighted by Gasteiger charge is -2.41. The second-order valence-corrected chi connectivity index (χ2v) is 7.27. The number of hydrogen-bond donors (Lipinski definition) is 3. The van der Waals surface area contributed by atoms with E-state index < -0.39 is 54.8 Å². The molecule has 2 heterocycles. The molecule has 14 heteroatoms. The number of aliphatic carboxylic acids is 1. The van der Waals surface area contributed by atoms with Crippen LogP contribution in [-0.2, 0) is 33.5 Å². The maximum Gasteiger partial charge on any atom is 0.325 e. The van der Waals surface area contributed by atoms with Gasteiger partial charge in [0.05, 0.1) is 32.6 Å². The maximum absolute atomic E-state index is 12.4. The Balaban J connectivity index is 0.00000480. The van der Waals surface area contributed by atoms with Gasteiger partial charge < -0.3 is 15.6 Å². The minimum atomic E-state index is -1.40. The average Bonchev–Trinajstić information content (AvgIpc) is 2.64. The topological polar surface area (TPSA) is 180 Å². The molecule has 2 saturated heterocycles. The van der Waals surface area contributed by atoms with E-state index in [9.17, 15) is 28.8 Å². The number of carboxylic acid groups (broad SMARTS) is 1. The summed E-state index contributed by atoms with van der Waals surface area (Å²) in [6.45, 7) is 2.72. The van der Waals surface area contributed by atoms with Crippen LogP contribution < -0.4 is 11.1 Å². The summed E-state index contributed by atoms with van der Waals surface area (Å²) in [6, 6.07) is -2.02. The first kappa shape index (κ1) is 26.4. The van der Waals surface area contributed by atoms with E-state index in [0.29, 0.717) is 0 Å². The Labute approximate surface area is 184 Å². The Bertz CT molecular complexity index is 729. The normalized spacial score (nSPS) is 21.1. The van der Waals surface area contributed by atoms with Crippen molar-refractivity contribution in [3.63, 3.8) is 0 Å². The third-order valence-corrected chi connectivity index (χ3v) is 5.13. The Morgan fingerprint density at radius 1 is 1.00 bits per heavy atom. The van der Waals surface area contributed by atoms with Gasteiger partial charge in [-0.25, -0.2) is 4.90 Å². The van der Waals surface area contributed by atoms with Crippen LogP contribution in [0, 0.1) is 0 Å². The monoisotopic (exact) mass is 463 g/mol. The molecule has 2 aliphatic rings. The number of carboxylic acids is 1. The summed E-state index contributed by atoms with van der Waals surface area (Å²) in [5, 5.41) is 10.8. The summed E-state index contributed by atoms with van der Waals surface area (Å²) in [7, 11) is 0. The van der Waals surface area contributed by atoms with Crippen LogP contribution in [0.5, 0.6) is 0 Å². The van der Waals surface area contributed by atoms with E-state index in [1.165, 1.54) is 0 Å². The molecule has 0 aromatic rings. The van der Waals surface area contributed by atoms with Gasteiger partial charge in [-0.15, -0.1) is 12.4 Å². The number of piperazine rings is 2. The van der Waals surface area contributed by atoms with Crippen molar-refractivity contribution < 1.29 is 38.6 Å². The Kier molecular flexibility index (Phi) is 9.49. The van der Waals surface area contributed by atoms with Crippen molar-refractivity contribution in [1.29, 1.82) is 0 Å². The fourth-order valence-electron chi connectivity index (χ4n) is 3.21. The minimum Gasteiger partial charge on any atom is -0.481 e. The summed E-state index contributed by atoms with van der Waals surface area (Å²) in [4.78, 5) is 74.3. The van der Waals surface area contributed by atoms with Gasteiger partial charge in [0.1, 0.15) is 6.04 Å². The second kappa shape index (κ2) is 11.1. The molecule has 4 amide bonds. The number of hydrogen-bond acceptors (Lipinski definition) is 10. The number of nitrogens with zero attached hydrogens (tertiary/aromatic N) is 3. The third kappa shape index (κ3) is 6.95. The zero-order chi connectivity index (χ0) is 22.6. The SMILES string of the molecule is CC(C(C)N1CC(=O)N(COC(=O)[C@@H](N)CC(=O)O)C(=O)C1)N1CC(=O)NC(=O)C1.Cl. The van der Waals surface area contributed by atoms with Crippen LogP contribution >= 0.6 is 12.4 Å². The smallest absolute Gasteiger partial charge is 0.325 e. The number of imide groups is 2. The molecule has 0 spiro atoms. The number of halogens is 1. The number of nitrogens with one attached hydrogen (secondary N) is 1. The molecule has 0 radical (unpaired) electrons. The van der Waals surface area contributed by atoms with Crippen molar-refractivity contribution in [3.8, 4) is 0 Å². The molecule has 13 nitrogen and oxygen atoms in total. The van der Waals surface area contributed by atoms with Crippen LogP contribution in [0.1, 0.15) is 20.3 Å². The number of ether oxygens (including phenoxy) is 1. The van der Waals surface area contributed by atoms with Crippen molar-refractivity contribution in [2.24, 2.45) is 5.73 Å². The highest BCUT2D eigenvalue weighted by Gasteiger charge is 2.38. The zero-order valence-electron chi connectivity index (χ0n) is 17.1. The summed E-state index contributed by atoms with van der Waals surface area (Å²) >= 11 is 0. The molecule has 2 fully saturated rings. The summed E-state index contributed by atoms with van der Waals surface area (Å²) < 4.78 is 4.80. The predicted molar refractivity (Wildman–Crippen MR) is 106 cm³/mol. The fourth-order valence-corrected chi connectivity index (χ4v) is 3.21. The van der Waals surface area contributed by atoms with Crippen LogP contribution in [-0.4, -0.2) is 106 Å². The van der Waals surface area contributed by atoms with Gasteiger partial charge >= 0.3 is 11.9 Å². The van der Waals surface area contributed by atoms with Crippen LogP contribution in [0.25, 0.3) is 0 Å². The van der Waals surface area contributed by atoms with Gasteiger partial charge in [0, 0.05) is 12.1 Å². The lowest BCUT2D eigenvalue weighted by Crippen LogP contribution is -2.62. The van der Waals surface area contributed by atoms with Gasteiger partial charge in [0.15, 0.2) is 6.73 Å². The molecule has 0 aromatic heterocycles. The lowest BCUT2D eigenvalue weighted by molar-refractivity contribution is -0.166. The number of rotatable bonds is 8. The molecule has 0 aliphatic carbocycles. The molecule has 31 heavy (non-hydrogen) atoms. The maximum atomic E-state index is 12.4. The molecule has 4 N–H and O–H groups in total. The van der Waals surface area contributed by atoms with Gasteiger partial charge in [-0.2, -0.15) is 0 Å². The number of esters is 1. The quantitative estimate of drug-likeness (QED) is 0.248. The van der Waals surface area contributed by atoms with Gasteiger partial charge in [0.25, 0.3) is 0 Å². The molecular weight excluding hydrogens is 438 g/mol. The van der Waals surface area contributed by atoms with Gasteiger partial charge in [-0.05, 0) is 13.8 Å². The third-order valence-electron chi connectivity index (χ3n) is 5.13. The van der Waals surface area contributed by atoms with Crippen molar-refractivity contribution in [3.05, 3.63) is 0 Å². The molecule has 2 rings (SSSR count). The predicted octanol–water partition coefficient (Wildman–Crippen LogP) is -2.88. The number of carbonyl (C=O) groups is 6. The van der Waals surface area contributed by atoms with Crippen molar-refractivity contribution in [1.82, 2.24) is 20.0 Å². The zero-order valence-corrected chi connectivity index (χ0v) is 17.9. The van der Waals surface area contributed by atoms with Gasteiger partial charge in [0.2, 0.25) is 23.6 Å². The number of nitrogens with two attached hydrogens (primary N) is 1. The first-order valence-electron chi connectivity index (χ1n) is 9.27. The summed E-state index contributed by atoms with van der Waals surface area (Å²) in [5.41, 5.74) is 5.38. The van der Waals surface area contributed by atoms with E-state index in [4.69, 9.17) is 15.6 Å². The van der Waals surface area contributed by atoms with E-state index >= 15 is 0 Å². The highest BCUT2D eigenvalue weighted by atomic mass is 35.5. The first-order chi connectivity index (χ1) is 14.0. The van der Waals surface area contributed by atoms with Crippen LogP contribution in [0.2, 0.25) is 0 Å². The van der Waals surface area contributed by atoms with Crippen molar-refractivity contribution in [2.75, 3.05) is 32.9 Å². The highest BCUT2D eigenvalue weighted by Crippen LogP contribution is 2.16. The highest BCUT2D eigenvalue weighted by molar-refractivity contribution is 6.00. The molecule has 0 aromatic carbocycles. The standard InChI is InChI=1S/C17H25N5O8.ClH/c1-9(20-4-12(23)19-13(24)5-20)10(2)21-6-14(25)22(15(26)7-21)8-30-17(29)11(18)3-16(27)28;/h9-11H,3-8,18H2,1-2H3,(H,27,28)(H,19,23,24);1H/t9?,10?,11-;/m0./s1. The number of amides is 4. The molecular formula is C17H26ClN5O8. The van der Waals surface area contributed by atoms with Crippen LogP contribution in [0.4, 0.5) is 0 Å². The Morgan fingerprint density at radius 3 is 1.90 bits per heavy atom. The van der Waals surface area contributed by atoms with Crippen LogP contribution in [0.3, 0.4) is 0 Å². The van der Waals surface area contributed by atoms with Gasteiger partial charge in [-0.3, -0.25) is 43.9 Å². The van der Waals surface area contributed by atoms with Gasteiger partial charge in [-0.1, -0.05) is 0 Å². The number of carbonyl (C=O) groups excluding carboxylic acids is 5. The van der Waals surface area contributed by atoms with E-state index in [0.717, 1.165) is 4.90 Å². The molecule has 3 atom stereocenters. The van der Waals surface area contributed by atoms with E-state index in [1.807, 2.05) is 0 Å². The first-order valence-corrected chi connectivity index (χ1v) is 9.27. The lowest BCUT2D eigenvalue weighted by atomic mass is 10.1. The molecule has 0 bridgehead atoms. The van der Waals surface area contributed by atoms with E-state index in [-0.39, 0.29) is 50.7 Å². The molecule has 174 valence electrons. The molecule has 2 aliphatic heterocycles. The van der Waals surface area contributed by atoms with Crippen LogP contribution in [0.15, 0.2) is 0 Å². The Hall–Kier alpha value is -2.61. The van der Waals surface area contributed by atoms with Crippen molar-refractivity contribution in [2.45, 2.75) is 38.4 Å². The second-order valence-electron chi connectivity index (χ2n) is 7.27. The average molecular weight is 464 g/mol. The molecule has 2 unspecified atom stereocenters. The minimum absolute atomic E-state index is 0. The largest absolute Gasteiger partial charge is 0.481 e. The molecule has 0 saturated carbocycles. The summed E-state index contributed by atoms with van der Waals surface area (Å²) in [5.74, 6) is -4.34. The van der Waals surface area contributed by atoms with Crippen molar-refractivity contribution >= 4 is 48.0 Å². The van der Waals surface area contributed by atoms with E-state index in [2.05, 4.69) is 5.32 Å². The summed E-state index contributed by atoms with van der Waals surface area (Å²) in [6.07, 6.45) is -0.638. The van der Waals surface area contributed by atoms with E-state index in [1.54, 1.807) is 23.6 Å². The fraction of sp³-hybridized carbons (Fsp3) is 0.647. The Morgan fingerprint density at radius 2 is 1.45 bits per heavy atom.